The van der Waals surface area contributed by atoms with Crippen LogP contribution < -0.4 is 37.5 Å². The molecule has 0 bridgehead atoms. The van der Waals surface area contributed by atoms with Crippen LogP contribution in [0.15, 0.2) is 53.6 Å². The third-order valence-electron chi connectivity index (χ3n) is 6.88. The molecule has 0 saturated heterocycles. The highest BCUT2D eigenvalue weighted by Gasteiger charge is 2.32. The van der Waals surface area contributed by atoms with Gasteiger partial charge >= 0.3 is 12.4 Å². The van der Waals surface area contributed by atoms with Crippen LogP contribution >= 0.6 is 0 Å². The van der Waals surface area contributed by atoms with E-state index in [0.717, 1.165) is 30.3 Å². The maximum Gasteiger partial charge on any atom is 0.416 e. The van der Waals surface area contributed by atoms with Gasteiger partial charge in [0.1, 0.15) is 29.8 Å². The number of nitrogens with two attached hydrogens (primary N) is 2. The average molecular weight is 793 g/mol. The van der Waals surface area contributed by atoms with Crippen molar-refractivity contribution in [2.45, 2.75) is 43.3 Å². The Morgan fingerprint density at radius 1 is 0.764 bits per heavy atom. The summed E-state index contributed by atoms with van der Waals surface area (Å²) < 4.78 is 93.2. The van der Waals surface area contributed by atoms with E-state index < -0.39 is 58.2 Å². The first-order chi connectivity index (χ1) is 25.7. The number of hydrogen-bond acceptors (Lipinski definition) is 14. The van der Waals surface area contributed by atoms with Crippen molar-refractivity contribution in [1.82, 2.24) is 19.9 Å². The van der Waals surface area contributed by atoms with Gasteiger partial charge in [0.05, 0.1) is 29.0 Å². The van der Waals surface area contributed by atoms with Crippen molar-refractivity contribution < 1.29 is 44.9 Å². The Kier molecular flexibility index (Phi) is 13.8. The molecule has 1 unspecified atom stereocenters. The fourth-order valence-electron chi connectivity index (χ4n) is 4.27. The molecule has 0 spiro atoms. The lowest BCUT2D eigenvalue weighted by Crippen LogP contribution is -2.33. The van der Waals surface area contributed by atoms with Gasteiger partial charge in [-0.25, -0.2) is 4.98 Å². The number of amides is 2. The van der Waals surface area contributed by atoms with Crippen molar-refractivity contribution in [3.63, 3.8) is 0 Å². The minimum absolute atomic E-state index is 0.0243. The molecule has 290 valence electrons. The zero-order chi connectivity index (χ0) is 41.2. The van der Waals surface area contributed by atoms with Crippen molar-refractivity contribution in [1.29, 1.82) is 10.5 Å². The molecule has 0 aliphatic carbocycles. The van der Waals surface area contributed by atoms with Crippen LogP contribution in [-0.2, 0) is 32.7 Å². The van der Waals surface area contributed by atoms with Crippen molar-refractivity contribution in [3.05, 3.63) is 70.8 Å². The van der Waals surface area contributed by atoms with Gasteiger partial charge < -0.3 is 37.5 Å². The lowest BCUT2D eigenvalue weighted by molar-refractivity contribution is -0.138. The third kappa shape index (κ3) is 11.6. The number of aromatic nitrogens is 4. The number of nitrogen functional groups attached to an aromatic ring is 2. The number of benzene rings is 2. The summed E-state index contributed by atoms with van der Waals surface area (Å²) in [7, 11) is -0.342. The fraction of sp³-hybridized carbons (Fsp3) is 0.250. The van der Waals surface area contributed by atoms with E-state index in [-0.39, 0.29) is 56.9 Å². The summed E-state index contributed by atoms with van der Waals surface area (Å²) in [5.41, 5.74) is 9.00. The molecule has 0 fully saturated rings. The summed E-state index contributed by atoms with van der Waals surface area (Å²) in [5.74, 6) is -1.97. The molecular formula is C32H30F6N12O4S. The van der Waals surface area contributed by atoms with Crippen LogP contribution in [0.5, 0.6) is 5.88 Å². The third-order valence-corrected chi connectivity index (χ3v) is 7.72. The summed E-state index contributed by atoms with van der Waals surface area (Å²) in [6.45, 7) is 2.85. The molecule has 8 N–H and O–H groups in total. The molecule has 2 aromatic heterocycles. The minimum atomic E-state index is -4.54. The number of ether oxygens (including phenoxy) is 1. The van der Waals surface area contributed by atoms with Crippen molar-refractivity contribution in [2.24, 2.45) is 0 Å². The number of hydrogen-bond donors (Lipinski definition) is 6. The first kappa shape index (κ1) is 42.7. The summed E-state index contributed by atoms with van der Waals surface area (Å²) in [6, 6.07) is 10.0. The Morgan fingerprint density at radius 2 is 1.18 bits per heavy atom. The number of methoxy groups -OCH3 is 1. The second-order valence-corrected chi connectivity index (χ2v) is 12.3. The van der Waals surface area contributed by atoms with E-state index >= 15 is 0 Å². The van der Waals surface area contributed by atoms with Gasteiger partial charge in [-0.3, -0.25) is 13.8 Å². The molecular weight excluding hydrogens is 762 g/mol. The molecule has 0 aliphatic heterocycles. The van der Waals surface area contributed by atoms with Gasteiger partial charge in [0.25, 0.3) is 0 Å². The second kappa shape index (κ2) is 17.8. The molecule has 55 heavy (non-hydrogen) atoms. The number of rotatable bonds is 10. The van der Waals surface area contributed by atoms with E-state index in [1.165, 1.54) is 45.4 Å². The number of halogens is 6. The SMILES string of the molecule is COc1nc(N)nc(N[C@@H](C)C(=O)Nc2cccc(C(F)(F)F)c2)c1C#N.C[C@H](Nc1nc(N)nc(S(C)=O)c1C#N)C(=O)Nc1cccc(C(F)(F)F)c1. The average Bonchev–Trinajstić information content (AvgIpc) is 3.10. The van der Waals surface area contributed by atoms with E-state index in [1.807, 2.05) is 6.07 Å². The molecule has 0 saturated carbocycles. The highest BCUT2D eigenvalue weighted by atomic mass is 32.2. The van der Waals surface area contributed by atoms with Crippen molar-refractivity contribution in [3.8, 4) is 18.0 Å². The van der Waals surface area contributed by atoms with Crippen LogP contribution in [0.25, 0.3) is 0 Å². The van der Waals surface area contributed by atoms with Gasteiger partial charge in [-0.1, -0.05) is 12.1 Å². The Balaban J connectivity index is 0.000000296. The number of nitriles is 2. The van der Waals surface area contributed by atoms with E-state index in [0.29, 0.717) is 0 Å². The molecule has 4 aromatic rings. The molecule has 16 nitrogen and oxygen atoms in total. The lowest BCUT2D eigenvalue weighted by Gasteiger charge is -2.17. The maximum absolute atomic E-state index is 12.8. The zero-order valence-corrected chi connectivity index (χ0v) is 29.7. The largest absolute Gasteiger partial charge is 0.480 e. The van der Waals surface area contributed by atoms with E-state index in [4.69, 9.17) is 16.2 Å². The second-order valence-electron chi connectivity index (χ2n) is 11.0. The van der Waals surface area contributed by atoms with E-state index in [2.05, 4.69) is 41.2 Å². The van der Waals surface area contributed by atoms with E-state index in [9.17, 15) is 50.7 Å². The molecule has 3 atom stereocenters. The van der Waals surface area contributed by atoms with Gasteiger partial charge in [-0.2, -0.15) is 51.8 Å². The van der Waals surface area contributed by atoms with Crippen LogP contribution in [0.3, 0.4) is 0 Å². The Hall–Kier alpha value is -6.75. The van der Waals surface area contributed by atoms with Crippen LogP contribution in [-0.4, -0.2) is 61.4 Å². The number of carbonyl (C=O) groups is 2. The van der Waals surface area contributed by atoms with Crippen LogP contribution in [0.2, 0.25) is 0 Å². The lowest BCUT2D eigenvalue weighted by atomic mass is 10.2. The normalized spacial score (nSPS) is 12.7. The summed E-state index contributed by atoms with van der Waals surface area (Å²) >= 11 is 0. The molecule has 0 aliphatic rings. The van der Waals surface area contributed by atoms with Gasteiger partial charge in [-0.05, 0) is 50.2 Å². The Labute approximate surface area is 310 Å². The Bertz CT molecular complexity index is 2170. The maximum atomic E-state index is 12.8. The van der Waals surface area contributed by atoms with Crippen LogP contribution in [0, 0.1) is 22.7 Å². The fourth-order valence-corrected chi connectivity index (χ4v) is 4.92. The van der Waals surface area contributed by atoms with Gasteiger partial charge in [0.15, 0.2) is 22.2 Å². The minimum Gasteiger partial charge on any atom is -0.480 e. The number of nitrogens with one attached hydrogen (secondary N) is 4. The predicted octanol–water partition coefficient (Wildman–Crippen LogP) is 4.52. The Morgan fingerprint density at radius 3 is 1.56 bits per heavy atom. The van der Waals surface area contributed by atoms with Crippen molar-refractivity contribution in [2.75, 3.05) is 46.1 Å². The van der Waals surface area contributed by atoms with Crippen LogP contribution in [0.4, 0.5) is 61.2 Å². The molecule has 2 aromatic carbocycles. The van der Waals surface area contributed by atoms with E-state index in [1.54, 1.807) is 6.07 Å². The standard InChI is InChI=1S/C16H15F3N6O2S.C16H15F3N6O2/c1-8(13(26)23-10-5-3-4-9(6-10)16(17,18)19)22-12-11(7-20)14(28(2)27)25-15(21)24-12;1-8(22-12-11(7-20)14(27-2)25-15(21)24-12)13(26)23-10-5-3-4-9(6-10)16(17,18)19/h3-6,8H,1-2H3,(H,23,26)(H3,21,22,24,25);3-6,8H,1-2H3,(H,23,26)(H3,21,22,24,25)/t8-,28?;8-/m00/s1. The zero-order valence-electron chi connectivity index (χ0n) is 28.9. The van der Waals surface area contributed by atoms with Gasteiger partial charge in [0.2, 0.25) is 29.6 Å². The summed E-state index contributed by atoms with van der Waals surface area (Å²) in [5, 5.41) is 28.4. The molecule has 0 radical (unpaired) electrons. The molecule has 4 rings (SSSR count). The number of alkyl halides is 6. The molecule has 2 heterocycles. The smallest absolute Gasteiger partial charge is 0.416 e. The summed E-state index contributed by atoms with van der Waals surface area (Å²) in [4.78, 5) is 39.8. The predicted molar refractivity (Wildman–Crippen MR) is 188 cm³/mol. The van der Waals surface area contributed by atoms with Gasteiger partial charge in [0, 0.05) is 17.6 Å². The molecule has 23 heteroatoms. The quantitative estimate of drug-likeness (QED) is 0.0953. The highest BCUT2D eigenvalue weighted by molar-refractivity contribution is 7.84. The van der Waals surface area contributed by atoms with Crippen LogP contribution in [0.1, 0.15) is 36.1 Å². The first-order valence-electron chi connectivity index (χ1n) is 15.2. The topological polar surface area (TPSA) is 260 Å². The molecule has 2 amide bonds. The monoisotopic (exact) mass is 792 g/mol. The first-order valence-corrected chi connectivity index (χ1v) is 16.8. The highest BCUT2D eigenvalue weighted by Crippen LogP contribution is 2.32. The summed E-state index contributed by atoms with van der Waals surface area (Å²) in [6.07, 6.45) is -7.77. The van der Waals surface area contributed by atoms with Gasteiger partial charge in [-0.15, -0.1) is 0 Å². The number of nitrogens with zero attached hydrogens (tertiary/aromatic N) is 6. The van der Waals surface area contributed by atoms with Crippen molar-refractivity contribution >= 4 is 57.5 Å². The number of carbonyl (C=O) groups excluding carboxylic acids is 2. The number of anilines is 6.